The molecule has 1 unspecified atom stereocenters. The average molecular weight is 457 g/mol. The van der Waals surface area contributed by atoms with Gasteiger partial charge in [0.15, 0.2) is 4.34 Å². The Kier molecular flexibility index (Phi) is 7.78. The van der Waals surface area contributed by atoms with E-state index in [2.05, 4.69) is 31.6 Å². The van der Waals surface area contributed by atoms with Crippen LogP contribution in [-0.4, -0.2) is 34.5 Å². The lowest BCUT2D eigenvalue weighted by Crippen LogP contribution is -2.23. The van der Waals surface area contributed by atoms with Crippen LogP contribution in [-0.2, 0) is 11.2 Å². The van der Waals surface area contributed by atoms with Crippen molar-refractivity contribution >= 4 is 51.2 Å². The number of rotatable bonds is 10. The molecular weight excluding hydrogens is 438 g/mol. The van der Waals surface area contributed by atoms with Crippen LogP contribution >= 0.6 is 34.4 Å². The summed E-state index contributed by atoms with van der Waals surface area (Å²) in [5, 5.41) is 16.2. The van der Waals surface area contributed by atoms with Gasteiger partial charge in [0, 0.05) is 11.4 Å². The van der Waals surface area contributed by atoms with E-state index in [9.17, 15) is 13.6 Å². The summed E-state index contributed by atoms with van der Waals surface area (Å²) in [6, 6.07) is 10.2. The lowest BCUT2D eigenvalue weighted by atomic mass is 10.3. The van der Waals surface area contributed by atoms with Crippen LogP contribution in [0.2, 0.25) is 0 Å². The van der Waals surface area contributed by atoms with E-state index >= 15 is 0 Å². The van der Waals surface area contributed by atoms with Crippen molar-refractivity contribution in [2.75, 3.05) is 17.2 Å². The number of aromatic nitrogens is 2. The molecule has 1 aromatic carbocycles. The molecule has 154 valence electrons. The Balaban J connectivity index is 1.50. The summed E-state index contributed by atoms with van der Waals surface area (Å²) in [7, 11) is 0. The van der Waals surface area contributed by atoms with Crippen LogP contribution in [0.5, 0.6) is 5.75 Å². The van der Waals surface area contributed by atoms with Gasteiger partial charge in [-0.1, -0.05) is 41.3 Å². The van der Waals surface area contributed by atoms with E-state index in [0.29, 0.717) is 9.47 Å². The van der Waals surface area contributed by atoms with Crippen molar-refractivity contribution in [1.82, 2.24) is 10.2 Å². The molecule has 1 atom stereocenters. The van der Waals surface area contributed by atoms with E-state index in [1.165, 1.54) is 40.1 Å². The van der Waals surface area contributed by atoms with Crippen LogP contribution in [0.15, 0.2) is 46.1 Å². The molecule has 0 spiro atoms. The van der Waals surface area contributed by atoms with Crippen molar-refractivity contribution in [2.24, 2.45) is 0 Å². The van der Waals surface area contributed by atoms with E-state index in [1.807, 2.05) is 11.4 Å². The Morgan fingerprint density at radius 2 is 2.07 bits per heavy atom. The second-order valence-electron chi connectivity index (χ2n) is 5.75. The first kappa shape index (κ1) is 21.5. The standard InChI is InChI=1S/C18H18F2N4O2S3/c1-11(15(25)22-13-6-2-3-7-14(13)26-16(19)20)28-18-24-23-17(29-18)21-9-8-12-5-4-10-27-12/h2-7,10-11,16H,8-9H2,1H3,(H,21,23)(H,22,25). The molecule has 0 aliphatic rings. The molecule has 6 nitrogen and oxygen atoms in total. The van der Waals surface area contributed by atoms with Gasteiger partial charge in [0.2, 0.25) is 11.0 Å². The molecule has 0 aliphatic carbocycles. The fraction of sp³-hybridized carbons (Fsp3) is 0.278. The summed E-state index contributed by atoms with van der Waals surface area (Å²) in [5.41, 5.74) is 0.193. The first-order valence-corrected chi connectivity index (χ1v) is 11.2. The van der Waals surface area contributed by atoms with E-state index in [1.54, 1.807) is 30.4 Å². The highest BCUT2D eigenvalue weighted by atomic mass is 32.2. The molecule has 2 N–H and O–H groups in total. The minimum Gasteiger partial charge on any atom is -0.433 e. The number of hydrogen-bond acceptors (Lipinski definition) is 8. The number of amides is 1. The van der Waals surface area contributed by atoms with Gasteiger partial charge in [-0.2, -0.15) is 8.78 Å². The molecule has 1 amide bonds. The Morgan fingerprint density at radius 1 is 1.24 bits per heavy atom. The molecule has 2 aromatic heterocycles. The second-order valence-corrected chi connectivity index (χ2v) is 9.35. The van der Waals surface area contributed by atoms with Gasteiger partial charge in [0.1, 0.15) is 5.75 Å². The number of para-hydroxylation sites is 2. The number of anilines is 2. The van der Waals surface area contributed by atoms with Gasteiger partial charge >= 0.3 is 6.61 Å². The van der Waals surface area contributed by atoms with Crippen LogP contribution in [0, 0.1) is 0 Å². The maximum atomic E-state index is 12.5. The Morgan fingerprint density at radius 3 is 2.83 bits per heavy atom. The van der Waals surface area contributed by atoms with Crippen molar-refractivity contribution in [1.29, 1.82) is 0 Å². The fourth-order valence-electron chi connectivity index (χ4n) is 2.28. The maximum absolute atomic E-state index is 12.5. The first-order chi connectivity index (χ1) is 14.0. The number of ether oxygens (including phenoxy) is 1. The Labute approximate surface area is 178 Å². The monoisotopic (exact) mass is 456 g/mol. The molecule has 0 fully saturated rings. The molecule has 0 radical (unpaired) electrons. The van der Waals surface area contributed by atoms with Gasteiger partial charge in [-0.3, -0.25) is 4.79 Å². The molecule has 3 rings (SSSR count). The lowest BCUT2D eigenvalue weighted by Gasteiger charge is -2.14. The number of nitrogens with one attached hydrogen (secondary N) is 2. The molecule has 2 heterocycles. The third-order valence-corrected chi connectivity index (χ3v) is 6.64. The molecular formula is C18H18F2N4O2S3. The van der Waals surface area contributed by atoms with Crippen LogP contribution < -0.4 is 15.4 Å². The summed E-state index contributed by atoms with van der Waals surface area (Å²) in [4.78, 5) is 13.7. The quantitative estimate of drug-likeness (QED) is 0.419. The minimum atomic E-state index is -2.97. The number of carbonyl (C=O) groups is 1. The van der Waals surface area contributed by atoms with Crippen LogP contribution in [0.25, 0.3) is 0 Å². The zero-order valence-corrected chi connectivity index (χ0v) is 17.8. The van der Waals surface area contributed by atoms with Crippen molar-refractivity contribution in [3.8, 4) is 5.75 Å². The SMILES string of the molecule is CC(Sc1nnc(NCCc2cccs2)s1)C(=O)Nc1ccccc1OC(F)F. The van der Waals surface area contributed by atoms with Gasteiger partial charge in [-0.05, 0) is 36.9 Å². The van der Waals surface area contributed by atoms with E-state index < -0.39 is 11.9 Å². The molecule has 11 heteroatoms. The largest absolute Gasteiger partial charge is 0.433 e. The zero-order valence-electron chi connectivity index (χ0n) is 15.3. The highest BCUT2D eigenvalue weighted by molar-refractivity contribution is 8.02. The number of thioether (sulfide) groups is 1. The number of hydrogen-bond donors (Lipinski definition) is 2. The fourth-order valence-corrected chi connectivity index (χ4v) is 4.91. The van der Waals surface area contributed by atoms with Crippen molar-refractivity contribution < 1.29 is 18.3 Å². The molecule has 0 saturated carbocycles. The maximum Gasteiger partial charge on any atom is 0.387 e. The minimum absolute atomic E-state index is 0.0822. The van der Waals surface area contributed by atoms with Gasteiger partial charge in [0.25, 0.3) is 0 Å². The summed E-state index contributed by atoms with van der Waals surface area (Å²) in [6.45, 7) is -0.509. The van der Waals surface area contributed by atoms with Crippen molar-refractivity contribution in [3.05, 3.63) is 46.7 Å². The average Bonchev–Trinajstić information content (AvgIpc) is 3.35. The second kappa shape index (κ2) is 10.5. The van der Waals surface area contributed by atoms with E-state index in [0.717, 1.165) is 13.0 Å². The topological polar surface area (TPSA) is 76.1 Å². The highest BCUT2D eigenvalue weighted by Gasteiger charge is 2.19. The van der Waals surface area contributed by atoms with E-state index in [-0.39, 0.29) is 17.3 Å². The van der Waals surface area contributed by atoms with Gasteiger partial charge in [0.05, 0.1) is 10.9 Å². The Hall–Kier alpha value is -2.24. The van der Waals surface area contributed by atoms with Crippen molar-refractivity contribution in [3.63, 3.8) is 0 Å². The predicted octanol–water partition coefficient (Wildman–Crippen LogP) is 4.97. The van der Waals surface area contributed by atoms with Crippen LogP contribution in [0.1, 0.15) is 11.8 Å². The third-order valence-electron chi connectivity index (χ3n) is 3.64. The molecule has 29 heavy (non-hydrogen) atoms. The van der Waals surface area contributed by atoms with Crippen molar-refractivity contribution in [2.45, 2.75) is 29.5 Å². The van der Waals surface area contributed by atoms with Crippen LogP contribution in [0.4, 0.5) is 19.6 Å². The summed E-state index contributed by atoms with van der Waals surface area (Å²) < 4.78 is 30.1. The van der Waals surface area contributed by atoms with Gasteiger partial charge in [-0.25, -0.2) is 0 Å². The lowest BCUT2D eigenvalue weighted by molar-refractivity contribution is -0.115. The van der Waals surface area contributed by atoms with Crippen LogP contribution in [0.3, 0.4) is 0 Å². The highest BCUT2D eigenvalue weighted by Crippen LogP contribution is 2.31. The number of benzene rings is 1. The molecule has 0 aliphatic heterocycles. The summed E-state index contributed by atoms with van der Waals surface area (Å²) >= 11 is 4.32. The van der Waals surface area contributed by atoms with Gasteiger partial charge in [-0.15, -0.1) is 21.5 Å². The first-order valence-electron chi connectivity index (χ1n) is 8.62. The molecule has 0 bridgehead atoms. The number of thiophene rings is 1. The molecule has 0 saturated heterocycles. The van der Waals surface area contributed by atoms with Gasteiger partial charge < -0.3 is 15.4 Å². The smallest absolute Gasteiger partial charge is 0.387 e. The summed E-state index contributed by atoms with van der Waals surface area (Å²) in [5.74, 6) is -0.427. The number of alkyl halides is 2. The Bertz CT molecular complexity index is 921. The van der Waals surface area contributed by atoms with E-state index in [4.69, 9.17) is 0 Å². The number of halogens is 2. The summed E-state index contributed by atoms with van der Waals surface area (Å²) in [6.07, 6.45) is 0.901. The predicted molar refractivity (Wildman–Crippen MR) is 113 cm³/mol. The number of carbonyl (C=O) groups excluding carboxylic acids is 1. The zero-order chi connectivity index (χ0) is 20.6. The normalized spacial score (nSPS) is 12.0. The third kappa shape index (κ3) is 6.65. The molecule has 3 aromatic rings. The number of nitrogens with zero attached hydrogens (tertiary/aromatic N) is 2.